The van der Waals surface area contributed by atoms with Crippen LogP contribution in [0, 0.1) is 13.8 Å². The standard InChI is InChI=1S/C14H16N2O2S2/c1-9-5-3-4-6-12(9)19-13-7-11(15)8-14(10(13)2)20(16,17)18/h3-8H,15H2,1-2H3,(H2,16,17,18). The Morgan fingerprint density at radius 3 is 2.30 bits per heavy atom. The number of primary sulfonamides is 1. The fourth-order valence-electron chi connectivity index (χ4n) is 1.87. The largest absolute Gasteiger partial charge is 0.399 e. The van der Waals surface area contributed by atoms with Gasteiger partial charge < -0.3 is 5.73 Å². The lowest BCUT2D eigenvalue weighted by atomic mass is 10.2. The second-order valence-corrected chi connectivity index (χ2v) is 7.17. The van der Waals surface area contributed by atoms with E-state index in [1.165, 1.54) is 17.8 Å². The highest BCUT2D eigenvalue weighted by Gasteiger charge is 2.16. The molecule has 0 unspecified atom stereocenters. The Hall–Kier alpha value is -1.50. The Balaban J connectivity index is 2.54. The zero-order chi connectivity index (χ0) is 14.9. The van der Waals surface area contributed by atoms with E-state index in [2.05, 4.69) is 0 Å². The molecule has 0 atom stereocenters. The zero-order valence-electron chi connectivity index (χ0n) is 11.3. The minimum absolute atomic E-state index is 0.0774. The molecule has 0 spiro atoms. The van der Waals surface area contributed by atoms with Crippen LogP contribution >= 0.6 is 11.8 Å². The fraction of sp³-hybridized carbons (Fsp3) is 0.143. The van der Waals surface area contributed by atoms with Crippen molar-refractivity contribution in [3.63, 3.8) is 0 Å². The first kappa shape index (κ1) is 14.9. The van der Waals surface area contributed by atoms with Crippen molar-refractivity contribution in [3.05, 3.63) is 47.5 Å². The maximum Gasteiger partial charge on any atom is 0.238 e. The molecule has 106 valence electrons. The number of rotatable bonds is 3. The molecule has 0 aliphatic rings. The third-order valence-electron chi connectivity index (χ3n) is 2.95. The average Bonchev–Trinajstić information content (AvgIpc) is 2.34. The summed E-state index contributed by atoms with van der Waals surface area (Å²) in [6.45, 7) is 3.74. The molecule has 0 aliphatic carbocycles. The maximum absolute atomic E-state index is 11.6. The molecule has 6 heteroatoms. The molecule has 4 nitrogen and oxygen atoms in total. The van der Waals surface area contributed by atoms with Gasteiger partial charge in [-0.1, -0.05) is 30.0 Å². The highest BCUT2D eigenvalue weighted by Crippen LogP contribution is 2.36. The van der Waals surface area contributed by atoms with Crippen LogP contribution in [-0.2, 0) is 10.0 Å². The van der Waals surface area contributed by atoms with Crippen molar-refractivity contribution in [1.82, 2.24) is 0 Å². The van der Waals surface area contributed by atoms with Crippen LogP contribution in [-0.4, -0.2) is 8.42 Å². The lowest BCUT2D eigenvalue weighted by Crippen LogP contribution is -2.14. The summed E-state index contributed by atoms with van der Waals surface area (Å²) in [6.07, 6.45) is 0. The number of sulfonamides is 1. The smallest absolute Gasteiger partial charge is 0.238 e. The second kappa shape index (κ2) is 5.47. The van der Waals surface area contributed by atoms with E-state index in [4.69, 9.17) is 10.9 Å². The molecule has 0 aliphatic heterocycles. The van der Waals surface area contributed by atoms with E-state index in [0.29, 0.717) is 11.3 Å². The third kappa shape index (κ3) is 3.15. The van der Waals surface area contributed by atoms with E-state index in [1.54, 1.807) is 13.0 Å². The summed E-state index contributed by atoms with van der Waals surface area (Å²) >= 11 is 1.49. The summed E-state index contributed by atoms with van der Waals surface area (Å²) in [5.41, 5.74) is 7.91. The number of hydrogen-bond acceptors (Lipinski definition) is 4. The Bertz CT molecular complexity index is 756. The van der Waals surface area contributed by atoms with Crippen LogP contribution in [0.15, 0.2) is 51.1 Å². The van der Waals surface area contributed by atoms with Gasteiger partial charge in [0.25, 0.3) is 0 Å². The minimum Gasteiger partial charge on any atom is -0.399 e. The highest BCUT2D eigenvalue weighted by molar-refractivity contribution is 7.99. The monoisotopic (exact) mass is 308 g/mol. The number of anilines is 1. The van der Waals surface area contributed by atoms with Crippen LogP contribution in [0.5, 0.6) is 0 Å². The van der Waals surface area contributed by atoms with E-state index in [-0.39, 0.29) is 4.90 Å². The van der Waals surface area contributed by atoms with Crippen LogP contribution in [0.25, 0.3) is 0 Å². The van der Waals surface area contributed by atoms with Gasteiger partial charge in [0.2, 0.25) is 10.0 Å². The van der Waals surface area contributed by atoms with Crippen molar-refractivity contribution in [1.29, 1.82) is 0 Å². The summed E-state index contributed by atoms with van der Waals surface area (Å²) in [7, 11) is -3.77. The molecule has 0 saturated carbocycles. The van der Waals surface area contributed by atoms with Crippen LogP contribution < -0.4 is 10.9 Å². The Kier molecular flexibility index (Phi) is 4.08. The first-order valence-corrected chi connectivity index (χ1v) is 8.31. The minimum atomic E-state index is -3.77. The normalized spacial score (nSPS) is 11.6. The van der Waals surface area contributed by atoms with Gasteiger partial charge >= 0.3 is 0 Å². The number of hydrogen-bond donors (Lipinski definition) is 2. The molecule has 0 amide bonds. The van der Waals surface area contributed by atoms with E-state index < -0.39 is 10.0 Å². The van der Waals surface area contributed by atoms with Crippen molar-refractivity contribution in [2.45, 2.75) is 28.5 Å². The van der Waals surface area contributed by atoms with E-state index in [1.807, 2.05) is 31.2 Å². The van der Waals surface area contributed by atoms with Crippen LogP contribution in [0.4, 0.5) is 5.69 Å². The highest BCUT2D eigenvalue weighted by atomic mass is 32.2. The molecule has 2 rings (SSSR count). The quantitative estimate of drug-likeness (QED) is 0.854. The summed E-state index contributed by atoms with van der Waals surface area (Å²) < 4.78 is 23.2. The lowest BCUT2D eigenvalue weighted by Gasteiger charge is -2.12. The van der Waals surface area contributed by atoms with Gasteiger partial charge in [0.05, 0.1) is 4.90 Å². The molecular formula is C14H16N2O2S2. The SMILES string of the molecule is Cc1ccccc1Sc1cc(N)cc(S(N)(=O)=O)c1C. The van der Waals surface area contributed by atoms with Crippen LogP contribution in [0.3, 0.4) is 0 Å². The van der Waals surface area contributed by atoms with E-state index >= 15 is 0 Å². The number of aryl methyl sites for hydroxylation is 1. The maximum atomic E-state index is 11.6. The molecule has 0 aromatic heterocycles. The molecule has 2 aromatic rings. The lowest BCUT2D eigenvalue weighted by molar-refractivity contribution is 0.597. The van der Waals surface area contributed by atoms with Crippen LogP contribution in [0.2, 0.25) is 0 Å². The Labute approximate surface area is 123 Å². The number of nitrogen functional groups attached to an aromatic ring is 1. The van der Waals surface area contributed by atoms with Crippen molar-refractivity contribution in [2.75, 3.05) is 5.73 Å². The number of benzene rings is 2. The molecule has 4 N–H and O–H groups in total. The fourth-order valence-corrected chi connectivity index (χ4v) is 3.85. The molecule has 2 aromatic carbocycles. The second-order valence-electron chi connectivity index (χ2n) is 4.55. The number of nitrogens with two attached hydrogens (primary N) is 2. The molecule has 0 saturated heterocycles. The van der Waals surface area contributed by atoms with Gasteiger partial charge in [-0.25, -0.2) is 13.6 Å². The van der Waals surface area contributed by atoms with Gasteiger partial charge in [0, 0.05) is 15.5 Å². The molecular weight excluding hydrogens is 292 g/mol. The summed E-state index contributed by atoms with van der Waals surface area (Å²) in [5.74, 6) is 0. The predicted octanol–water partition coefficient (Wildman–Crippen LogP) is 2.68. The van der Waals surface area contributed by atoms with Gasteiger partial charge in [-0.3, -0.25) is 0 Å². The summed E-state index contributed by atoms with van der Waals surface area (Å²) in [6, 6.07) is 11.1. The van der Waals surface area contributed by atoms with Gasteiger partial charge in [-0.2, -0.15) is 0 Å². The van der Waals surface area contributed by atoms with Crippen molar-refractivity contribution >= 4 is 27.5 Å². The first-order valence-electron chi connectivity index (χ1n) is 5.95. The molecule has 0 radical (unpaired) electrons. The van der Waals surface area contributed by atoms with Gasteiger partial charge in [0.15, 0.2) is 0 Å². The third-order valence-corrected chi connectivity index (χ3v) is 5.31. The topological polar surface area (TPSA) is 86.2 Å². The van der Waals surface area contributed by atoms with Crippen molar-refractivity contribution < 1.29 is 8.42 Å². The zero-order valence-corrected chi connectivity index (χ0v) is 12.9. The van der Waals surface area contributed by atoms with E-state index in [0.717, 1.165) is 15.4 Å². The predicted molar refractivity (Wildman–Crippen MR) is 82.3 cm³/mol. The van der Waals surface area contributed by atoms with E-state index in [9.17, 15) is 8.42 Å². The van der Waals surface area contributed by atoms with Gasteiger partial charge in [0.1, 0.15) is 0 Å². The Morgan fingerprint density at radius 1 is 1.05 bits per heavy atom. The van der Waals surface area contributed by atoms with Gasteiger partial charge in [-0.15, -0.1) is 0 Å². The van der Waals surface area contributed by atoms with Crippen molar-refractivity contribution in [3.8, 4) is 0 Å². The molecule has 20 heavy (non-hydrogen) atoms. The molecule has 0 bridgehead atoms. The van der Waals surface area contributed by atoms with Crippen molar-refractivity contribution in [2.24, 2.45) is 5.14 Å². The molecule has 0 fully saturated rings. The first-order chi connectivity index (χ1) is 9.29. The molecule has 0 heterocycles. The Morgan fingerprint density at radius 2 is 1.70 bits per heavy atom. The summed E-state index contributed by atoms with van der Waals surface area (Å²) in [5, 5.41) is 5.23. The summed E-state index contributed by atoms with van der Waals surface area (Å²) in [4.78, 5) is 1.93. The van der Waals surface area contributed by atoms with Gasteiger partial charge in [-0.05, 0) is 43.2 Å². The average molecular weight is 308 g/mol. The van der Waals surface area contributed by atoms with Crippen LogP contribution in [0.1, 0.15) is 11.1 Å².